The second-order valence-corrected chi connectivity index (χ2v) is 7.35. The first kappa shape index (κ1) is 18.2. The summed E-state index contributed by atoms with van der Waals surface area (Å²) >= 11 is 0. The number of aromatic nitrogens is 1. The van der Waals surface area contributed by atoms with Crippen molar-refractivity contribution in [3.05, 3.63) is 83.6 Å². The van der Waals surface area contributed by atoms with Crippen molar-refractivity contribution in [1.29, 1.82) is 0 Å². The lowest BCUT2D eigenvalue weighted by Gasteiger charge is -2.32. The molecule has 1 fully saturated rings. The van der Waals surface area contributed by atoms with Crippen LogP contribution in [0.4, 0.5) is 0 Å². The minimum Gasteiger partial charge on any atom is -0.508 e. The van der Waals surface area contributed by atoms with Gasteiger partial charge in [-0.2, -0.15) is 0 Å². The molecule has 0 bridgehead atoms. The monoisotopic (exact) mass is 372 g/mol. The van der Waals surface area contributed by atoms with Crippen molar-refractivity contribution < 1.29 is 9.90 Å². The van der Waals surface area contributed by atoms with Gasteiger partial charge in [0.1, 0.15) is 5.75 Å². The third kappa shape index (κ3) is 3.77. The standard InChI is InChI=1S/C24H24N2O2/c1-17-22(11-12-23(25-17)20-5-3-2-4-6-20)24(28)26-15-13-19(14-16-26)18-7-9-21(27)10-8-18/h2-12,19,27H,13-16H2,1H3. The van der Waals surface area contributed by atoms with Crippen LogP contribution in [-0.4, -0.2) is 34.0 Å². The highest BCUT2D eigenvalue weighted by atomic mass is 16.3. The molecule has 1 aliphatic heterocycles. The minimum absolute atomic E-state index is 0.0637. The van der Waals surface area contributed by atoms with Crippen LogP contribution >= 0.6 is 0 Å². The van der Waals surface area contributed by atoms with Gasteiger partial charge in [-0.05, 0) is 55.5 Å². The molecular formula is C24H24N2O2. The third-order valence-electron chi connectivity index (χ3n) is 5.53. The van der Waals surface area contributed by atoms with Gasteiger partial charge in [0.15, 0.2) is 0 Å². The first-order valence-electron chi connectivity index (χ1n) is 9.73. The van der Waals surface area contributed by atoms with Crippen LogP contribution in [0.25, 0.3) is 11.3 Å². The van der Waals surface area contributed by atoms with Gasteiger partial charge in [-0.15, -0.1) is 0 Å². The largest absolute Gasteiger partial charge is 0.508 e. The molecule has 28 heavy (non-hydrogen) atoms. The fourth-order valence-corrected chi connectivity index (χ4v) is 3.89. The van der Waals surface area contributed by atoms with Gasteiger partial charge >= 0.3 is 0 Å². The molecule has 0 atom stereocenters. The zero-order valence-electron chi connectivity index (χ0n) is 16.0. The SMILES string of the molecule is Cc1nc(-c2ccccc2)ccc1C(=O)N1CCC(c2ccc(O)cc2)CC1. The summed E-state index contributed by atoms with van der Waals surface area (Å²) < 4.78 is 0. The van der Waals surface area contributed by atoms with Crippen molar-refractivity contribution in [2.45, 2.75) is 25.7 Å². The summed E-state index contributed by atoms with van der Waals surface area (Å²) in [6.45, 7) is 3.39. The summed E-state index contributed by atoms with van der Waals surface area (Å²) in [4.78, 5) is 19.6. The number of hydrogen-bond acceptors (Lipinski definition) is 3. The van der Waals surface area contributed by atoms with E-state index < -0.39 is 0 Å². The normalized spacial score (nSPS) is 14.8. The zero-order valence-corrected chi connectivity index (χ0v) is 16.0. The van der Waals surface area contributed by atoms with E-state index in [2.05, 4.69) is 4.98 Å². The molecule has 4 rings (SSSR count). The maximum Gasteiger partial charge on any atom is 0.255 e. The maximum absolute atomic E-state index is 13.0. The Kier molecular flexibility index (Phi) is 5.11. The van der Waals surface area contributed by atoms with Gasteiger partial charge in [0.25, 0.3) is 5.91 Å². The number of phenolic OH excluding ortho intramolecular Hbond substituents is 1. The number of amides is 1. The summed E-state index contributed by atoms with van der Waals surface area (Å²) in [5.74, 6) is 0.788. The molecule has 0 saturated carbocycles. The first-order chi connectivity index (χ1) is 13.6. The Morgan fingerprint density at radius 1 is 0.964 bits per heavy atom. The lowest BCUT2D eigenvalue weighted by atomic mass is 9.89. The van der Waals surface area contributed by atoms with E-state index in [1.54, 1.807) is 12.1 Å². The van der Waals surface area contributed by atoms with Gasteiger partial charge in [-0.1, -0.05) is 42.5 Å². The van der Waals surface area contributed by atoms with Crippen molar-refractivity contribution in [3.63, 3.8) is 0 Å². The smallest absolute Gasteiger partial charge is 0.255 e. The van der Waals surface area contributed by atoms with Gasteiger partial charge in [0.2, 0.25) is 0 Å². The Hall–Kier alpha value is -3.14. The van der Waals surface area contributed by atoms with Gasteiger partial charge < -0.3 is 10.0 Å². The first-order valence-corrected chi connectivity index (χ1v) is 9.73. The number of nitrogens with zero attached hydrogens (tertiary/aromatic N) is 2. The van der Waals surface area contributed by atoms with Gasteiger partial charge in [0.05, 0.1) is 17.0 Å². The number of hydrogen-bond donors (Lipinski definition) is 1. The van der Waals surface area contributed by atoms with Crippen molar-refractivity contribution in [1.82, 2.24) is 9.88 Å². The summed E-state index contributed by atoms with van der Waals surface area (Å²) in [5.41, 5.74) is 4.63. The van der Waals surface area contributed by atoms with Crippen LogP contribution in [0.2, 0.25) is 0 Å². The predicted octanol–water partition coefficient (Wildman–Crippen LogP) is 4.78. The molecule has 4 nitrogen and oxygen atoms in total. The number of aryl methyl sites for hydroxylation is 1. The van der Waals surface area contributed by atoms with Crippen LogP contribution in [0, 0.1) is 6.92 Å². The van der Waals surface area contributed by atoms with Gasteiger partial charge in [0, 0.05) is 18.7 Å². The predicted molar refractivity (Wildman–Crippen MR) is 110 cm³/mol. The Labute approximate surface area is 165 Å². The summed E-state index contributed by atoms with van der Waals surface area (Å²) in [5, 5.41) is 9.46. The molecule has 0 unspecified atom stereocenters. The number of carbonyl (C=O) groups excluding carboxylic acids is 1. The topological polar surface area (TPSA) is 53.4 Å². The molecular weight excluding hydrogens is 348 g/mol. The molecule has 0 radical (unpaired) electrons. The molecule has 1 saturated heterocycles. The van der Waals surface area contributed by atoms with E-state index >= 15 is 0 Å². The fraction of sp³-hybridized carbons (Fsp3) is 0.250. The highest BCUT2D eigenvalue weighted by Gasteiger charge is 2.25. The van der Waals surface area contributed by atoms with E-state index in [-0.39, 0.29) is 5.91 Å². The van der Waals surface area contributed by atoms with Crippen molar-refractivity contribution in [2.24, 2.45) is 0 Å². The maximum atomic E-state index is 13.0. The van der Waals surface area contributed by atoms with Crippen molar-refractivity contribution in [2.75, 3.05) is 13.1 Å². The Morgan fingerprint density at radius 2 is 1.64 bits per heavy atom. The summed E-state index contributed by atoms with van der Waals surface area (Å²) in [6.07, 6.45) is 1.87. The van der Waals surface area contributed by atoms with E-state index in [9.17, 15) is 9.90 Å². The average Bonchev–Trinajstić information content (AvgIpc) is 2.74. The van der Waals surface area contributed by atoms with E-state index in [1.807, 2.05) is 66.4 Å². The second-order valence-electron chi connectivity index (χ2n) is 7.35. The molecule has 142 valence electrons. The molecule has 0 aliphatic carbocycles. The Morgan fingerprint density at radius 3 is 2.29 bits per heavy atom. The average molecular weight is 372 g/mol. The quantitative estimate of drug-likeness (QED) is 0.720. The highest BCUT2D eigenvalue weighted by molar-refractivity contribution is 5.95. The van der Waals surface area contributed by atoms with Crippen LogP contribution in [-0.2, 0) is 0 Å². The highest BCUT2D eigenvalue weighted by Crippen LogP contribution is 2.30. The number of piperidine rings is 1. The Balaban J connectivity index is 1.44. The molecule has 2 aromatic carbocycles. The number of aromatic hydroxyl groups is 1. The number of pyridine rings is 1. The van der Waals surface area contributed by atoms with Gasteiger partial charge in [-0.3, -0.25) is 9.78 Å². The van der Waals surface area contributed by atoms with Gasteiger partial charge in [-0.25, -0.2) is 0 Å². The number of likely N-dealkylation sites (tertiary alicyclic amines) is 1. The van der Waals surface area contributed by atoms with Crippen molar-refractivity contribution in [3.8, 4) is 17.0 Å². The third-order valence-corrected chi connectivity index (χ3v) is 5.53. The van der Waals surface area contributed by atoms with Crippen LogP contribution in [0.3, 0.4) is 0 Å². The van der Waals surface area contributed by atoms with E-state index in [1.165, 1.54) is 5.56 Å². The number of phenols is 1. The number of carbonyl (C=O) groups is 1. The zero-order chi connectivity index (χ0) is 19.5. The molecule has 1 N–H and O–H groups in total. The lowest BCUT2D eigenvalue weighted by Crippen LogP contribution is -2.38. The van der Waals surface area contributed by atoms with Crippen molar-refractivity contribution >= 4 is 5.91 Å². The number of rotatable bonds is 3. The Bertz CT molecular complexity index is 960. The van der Waals surface area contributed by atoms with Crippen LogP contribution < -0.4 is 0 Å². The lowest BCUT2D eigenvalue weighted by molar-refractivity contribution is 0.0712. The van der Waals surface area contributed by atoms with E-state index in [0.29, 0.717) is 17.2 Å². The van der Waals surface area contributed by atoms with Crippen LogP contribution in [0.5, 0.6) is 5.75 Å². The van der Waals surface area contributed by atoms with E-state index in [4.69, 9.17) is 0 Å². The molecule has 1 aromatic heterocycles. The van der Waals surface area contributed by atoms with Crippen LogP contribution in [0.15, 0.2) is 66.7 Å². The second kappa shape index (κ2) is 7.85. The van der Waals surface area contributed by atoms with E-state index in [0.717, 1.165) is 42.9 Å². The molecule has 1 amide bonds. The molecule has 2 heterocycles. The molecule has 3 aromatic rings. The summed E-state index contributed by atoms with van der Waals surface area (Å²) in [7, 11) is 0. The van der Waals surface area contributed by atoms with Crippen LogP contribution in [0.1, 0.15) is 40.4 Å². The molecule has 4 heteroatoms. The molecule has 1 aliphatic rings. The minimum atomic E-state index is 0.0637. The summed E-state index contributed by atoms with van der Waals surface area (Å²) in [6, 6.07) is 21.3. The number of benzene rings is 2. The molecule has 0 spiro atoms. The fourth-order valence-electron chi connectivity index (χ4n) is 3.89.